The lowest BCUT2D eigenvalue weighted by Crippen LogP contribution is -2.34. The molecule has 0 atom stereocenters. The normalized spacial score (nSPS) is 17.6. The van der Waals surface area contributed by atoms with Crippen LogP contribution in [0, 0.1) is 5.92 Å². The van der Waals surface area contributed by atoms with Crippen molar-refractivity contribution in [1.29, 1.82) is 0 Å². The average molecular weight is 268 g/mol. The number of nitrogens with zero attached hydrogens (tertiary/aromatic N) is 1. The summed E-state index contributed by atoms with van der Waals surface area (Å²) in [4.78, 5) is 2.43. The molecule has 1 aliphatic heterocycles. The zero-order valence-corrected chi connectivity index (χ0v) is 12.3. The van der Waals surface area contributed by atoms with Crippen molar-refractivity contribution in [2.45, 2.75) is 19.4 Å². The number of piperidine rings is 1. The maximum Gasteiger partial charge on any atom is 0.0211 e. The van der Waals surface area contributed by atoms with Crippen LogP contribution in [0.5, 0.6) is 0 Å². The molecule has 2 aromatic rings. The van der Waals surface area contributed by atoms with Gasteiger partial charge in [-0.25, -0.2) is 0 Å². The number of hydrogen-bond donors (Lipinski definition) is 1. The second kappa shape index (κ2) is 6.38. The molecule has 1 heterocycles. The predicted molar refractivity (Wildman–Crippen MR) is 85.9 cm³/mol. The lowest BCUT2D eigenvalue weighted by atomic mass is 9.97. The fourth-order valence-electron chi connectivity index (χ4n) is 3.12. The molecular formula is C18H24N2. The van der Waals surface area contributed by atoms with Crippen LogP contribution in [-0.2, 0) is 6.54 Å². The Labute approximate surface area is 121 Å². The Morgan fingerprint density at radius 2 is 1.80 bits per heavy atom. The van der Waals surface area contributed by atoms with Gasteiger partial charge in [-0.3, -0.25) is 0 Å². The minimum Gasteiger partial charge on any atom is -0.312 e. The molecule has 1 aliphatic rings. The van der Waals surface area contributed by atoms with Crippen LogP contribution in [-0.4, -0.2) is 31.6 Å². The monoisotopic (exact) mass is 268 g/mol. The van der Waals surface area contributed by atoms with E-state index in [4.69, 9.17) is 0 Å². The number of hydrogen-bond acceptors (Lipinski definition) is 2. The summed E-state index contributed by atoms with van der Waals surface area (Å²) < 4.78 is 0. The number of benzene rings is 2. The standard InChI is InChI=1S/C18H24N2/c1-20-11-9-15(10-12-20)13-19-14-17-7-4-6-16-5-2-3-8-18(16)17/h2-8,15,19H,9-14H2,1H3. The van der Waals surface area contributed by atoms with E-state index in [1.807, 2.05) is 0 Å². The van der Waals surface area contributed by atoms with Crippen LogP contribution in [0.25, 0.3) is 10.8 Å². The van der Waals surface area contributed by atoms with Crippen molar-refractivity contribution in [1.82, 2.24) is 10.2 Å². The van der Waals surface area contributed by atoms with Gasteiger partial charge in [-0.2, -0.15) is 0 Å². The minimum absolute atomic E-state index is 0.848. The highest BCUT2D eigenvalue weighted by molar-refractivity contribution is 5.85. The van der Waals surface area contributed by atoms with Gasteiger partial charge in [-0.05, 0) is 61.8 Å². The number of fused-ring (bicyclic) bond motifs is 1. The van der Waals surface area contributed by atoms with Crippen LogP contribution >= 0.6 is 0 Å². The maximum absolute atomic E-state index is 3.66. The van der Waals surface area contributed by atoms with E-state index in [0.29, 0.717) is 0 Å². The van der Waals surface area contributed by atoms with Crippen LogP contribution < -0.4 is 5.32 Å². The fourth-order valence-corrected chi connectivity index (χ4v) is 3.12. The predicted octanol–water partition coefficient (Wildman–Crippen LogP) is 3.27. The summed E-state index contributed by atoms with van der Waals surface area (Å²) in [5.41, 5.74) is 1.41. The van der Waals surface area contributed by atoms with Gasteiger partial charge in [0, 0.05) is 6.54 Å². The van der Waals surface area contributed by atoms with E-state index in [9.17, 15) is 0 Å². The first-order valence-electron chi connectivity index (χ1n) is 7.69. The zero-order chi connectivity index (χ0) is 13.8. The topological polar surface area (TPSA) is 15.3 Å². The van der Waals surface area contributed by atoms with Gasteiger partial charge < -0.3 is 10.2 Å². The third kappa shape index (κ3) is 3.20. The third-order valence-corrected chi connectivity index (χ3v) is 4.47. The van der Waals surface area contributed by atoms with E-state index >= 15 is 0 Å². The molecule has 3 rings (SSSR count). The summed E-state index contributed by atoms with van der Waals surface area (Å²) in [5.74, 6) is 0.848. The lowest BCUT2D eigenvalue weighted by Gasteiger charge is -2.29. The largest absolute Gasteiger partial charge is 0.312 e. The number of likely N-dealkylation sites (tertiary alicyclic amines) is 1. The molecule has 0 unspecified atom stereocenters. The van der Waals surface area contributed by atoms with Crippen LogP contribution in [0.3, 0.4) is 0 Å². The summed E-state index contributed by atoms with van der Waals surface area (Å²) in [6.45, 7) is 4.63. The Morgan fingerprint density at radius 3 is 2.65 bits per heavy atom. The first-order chi connectivity index (χ1) is 9.83. The van der Waals surface area contributed by atoms with E-state index in [1.54, 1.807) is 0 Å². The van der Waals surface area contributed by atoms with Crippen molar-refractivity contribution in [2.75, 3.05) is 26.7 Å². The van der Waals surface area contributed by atoms with Crippen molar-refractivity contribution in [2.24, 2.45) is 5.92 Å². The van der Waals surface area contributed by atoms with E-state index in [-0.39, 0.29) is 0 Å². The molecule has 1 fully saturated rings. The molecule has 1 saturated heterocycles. The molecule has 2 aromatic carbocycles. The molecule has 0 spiro atoms. The molecule has 2 nitrogen and oxygen atoms in total. The van der Waals surface area contributed by atoms with Gasteiger partial charge in [0.25, 0.3) is 0 Å². The summed E-state index contributed by atoms with van der Waals surface area (Å²) in [6, 6.07) is 15.2. The third-order valence-electron chi connectivity index (χ3n) is 4.47. The van der Waals surface area contributed by atoms with Crippen molar-refractivity contribution in [3.8, 4) is 0 Å². The van der Waals surface area contributed by atoms with Crippen LogP contribution in [0.4, 0.5) is 0 Å². The van der Waals surface area contributed by atoms with Crippen LogP contribution in [0.2, 0.25) is 0 Å². The van der Waals surface area contributed by atoms with Crippen molar-refractivity contribution >= 4 is 10.8 Å². The Kier molecular flexibility index (Phi) is 4.34. The zero-order valence-electron chi connectivity index (χ0n) is 12.3. The summed E-state index contributed by atoms with van der Waals surface area (Å²) in [6.07, 6.45) is 2.66. The van der Waals surface area contributed by atoms with Gasteiger partial charge in [0.2, 0.25) is 0 Å². The number of nitrogens with one attached hydrogen (secondary N) is 1. The summed E-state index contributed by atoms with van der Waals surface area (Å²) >= 11 is 0. The SMILES string of the molecule is CN1CCC(CNCc2cccc3ccccc23)CC1. The minimum atomic E-state index is 0.848. The lowest BCUT2D eigenvalue weighted by molar-refractivity contribution is 0.216. The van der Waals surface area contributed by atoms with Gasteiger partial charge in [0.05, 0.1) is 0 Å². The molecule has 20 heavy (non-hydrogen) atoms. The molecule has 0 bridgehead atoms. The Balaban J connectivity index is 1.57. The molecular weight excluding hydrogens is 244 g/mol. The number of rotatable bonds is 4. The van der Waals surface area contributed by atoms with Crippen molar-refractivity contribution in [3.63, 3.8) is 0 Å². The fraction of sp³-hybridized carbons (Fsp3) is 0.444. The van der Waals surface area contributed by atoms with Gasteiger partial charge in [0.15, 0.2) is 0 Å². The van der Waals surface area contributed by atoms with Gasteiger partial charge in [0.1, 0.15) is 0 Å². The van der Waals surface area contributed by atoms with Gasteiger partial charge in [-0.1, -0.05) is 42.5 Å². The molecule has 1 N–H and O–H groups in total. The second-order valence-corrected chi connectivity index (χ2v) is 6.02. The quantitative estimate of drug-likeness (QED) is 0.915. The van der Waals surface area contributed by atoms with Crippen LogP contribution in [0.15, 0.2) is 42.5 Å². The highest BCUT2D eigenvalue weighted by Crippen LogP contribution is 2.19. The molecule has 2 heteroatoms. The van der Waals surface area contributed by atoms with Crippen molar-refractivity contribution in [3.05, 3.63) is 48.0 Å². The van der Waals surface area contributed by atoms with E-state index in [0.717, 1.165) is 19.0 Å². The molecule has 0 aliphatic carbocycles. The first-order valence-corrected chi connectivity index (χ1v) is 7.69. The molecule has 106 valence electrons. The average Bonchev–Trinajstić information content (AvgIpc) is 2.49. The molecule has 0 amide bonds. The molecule has 0 saturated carbocycles. The first kappa shape index (κ1) is 13.6. The Morgan fingerprint density at radius 1 is 1.05 bits per heavy atom. The summed E-state index contributed by atoms with van der Waals surface area (Å²) in [7, 11) is 2.22. The van der Waals surface area contributed by atoms with Crippen LogP contribution in [0.1, 0.15) is 18.4 Å². The van der Waals surface area contributed by atoms with E-state index in [1.165, 1.54) is 42.3 Å². The highest BCUT2D eigenvalue weighted by Gasteiger charge is 2.15. The maximum atomic E-state index is 3.66. The highest BCUT2D eigenvalue weighted by atomic mass is 15.1. The Hall–Kier alpha value is -1.38. The van der Waals surface area contributed by atoms with Gasteiger partial charge in [-0.15, -0.1) is 0 Å². The van der Waals surface area contributed by atoms with Crippen molar-refractivity contribution < 1.29 is 0 Å². The van der Waals surface area contributed by atoms with Gasteiger partial charge >= 0.3 is 0 Å². The van der Waals surface area contributed by atoms with E-state index < -0.39 is 0 Å². The van der Waals surface area contributed by atoms with E-state index in [2.05, 4.69) is 59.7 Å². The Bertz CT molecular complexity index is 551. The smallest absolute Gasteiger partial charge is 0.0211 e. The second-order valence-electron chi connectivity index (χ2n) is 6.02. The molecule has 0 radical (unpaired) electrons. The molecule has 0 aromatic heterocycles. The summed E-state index contributed by atoms with van der Waals surface area (Å²) in [5, 5.41) is 6.38.